The van der Waals surface area contributed by atoms with E-state index in [1.807, 2.05) is 47.4 Å². The van der Waals surface area contributed by atoms with Gasteiger partial charge < -0.3 is 9.64 Å². The minimum absolute atomic E-state index is 0.00751. The maximum Gasteiger partial charge on any atom is 0.254 e. The maximum atomic E-state index is 13.5. The molecular weight excluding hydrogens is 393 g/mol. The number of likely N-dealkylation sites (tertiary alicyclic amines) is 1. The molecule has 28 heavy (non-hydrogen) atoms. The summed E-state index contributed by atoms with van der Waals surface area (Å²) in [6.07, 6.45) is 5.12. The van der Waals surface area contributed by atoms with Crippen LogP contribution in [0.2, 0.25) is 5.02 Å². The van der Waals surface area contributed by atoms with Crippen LogP contribution in [0.1, 0.15) is 54.1 Å². The molecule has 3 atom stereocenters. The first kappa shape index (κ1) is 19.6. The number of hydrogen-bond acceptors (Lipinski definition) is 2. The predicted octanol–water partition coefficient (Wildman–Crippen LogP) is 6.10. The SMILES string of the molecule is COc1cccc(C(=O)N2CCC3(Cl)CCCCC3C2c2ccccc2Cl)c1. The second-order valence-corrected chi connectivity index (χ2v) is 8.99. The molecule has 148 valence electrons. The van der Waals surface area contributed by atoms with Crippen LogP contribution in [0.3, 0.4) is 0 Å². The van der Waals surface area contributed by atoms with E-state index in [0.29, 0.717) is 22.9 Å². The van der Waals surface area contributed by atoms with Crippen LogP contribution in [0, 0.1) is 5.92 Å². The first-order chi connectivity index (χ1) is 13.5. The smallest absolute Gasteiger partial charge is 0.254 e. The molecule has 3 nitrogen and oxygen atoms in total. The lowest BCUT2D eigenvalue weighted by Crippen LogP contribution is -2.53. The number of alkyl halides is 1. The molecule has 4 rings (SSSR count). The molecule has 1 saturated carbocycles. The van der Waals surface area contributed by atoms with E-state index in [0.717, 1.165) is 37.7 Å². The highest BCUT2D eigenvalue weighted by atomic mass is 35.5. The molecule has 1 amide bonds. The van der Waals surface area contributed by atoms with E-state index < -0.39 is 0 Å². The molecule has 1 saturated heterocycles. The summed E-state index contributed by atoms with van der Waals surface area (Å²) in [5.41, 5.74) is 1.63. The van der Waals surface area contributed by atoms with E-state index in [-0.39, 0.29) is 22.7 Å². The van der Waals surface area contributed by atoms with Gasteiger partial charge >= 0.3 is 0 Å². The molecule has 5 heteroatoms. The predicted molar refractivity (Wildman–Crippen MR) is 113 cm³/mol. The largest absolute Gasteiger partial charge is 0.497 e. The summed E-state index contributed by atoms with van der Waals surface area (Å²) in [6, 6.07) is 15.1. The van der Waals surface area contributed by atoms with Crippen LogP contribution in [0.25, 0.3) is 0 Å². The monoisotopic (exact) mass is 417 g/mol. The molecule has 0 N–H and O–H groups in total. The molecular formula is C23H25Cl2NO2. The number of fused-ring (bicyclic) bond motifs is 1. The zero-order valence-electron chi connectivity index (χ0n) is 16.0. The van der Waals surface area contributed by atoms with Crippen molar-refractivity contribution < 1.29 is 9.53 Å². The molecule has 3 unspecified atom stereocenters. The second kappa shape index (κ2) is 7.96. The van der Waals surface area contributed by atoms with Crippen LogP contribution in [0.5, 0.6) is 5.75 Å². The topological polar surface area (TPSA) is 29.5 Å². The van der Waals surface area contributed by atoms with Gasteiger partial charge in [-0.25, -0.2) is 0 Å². The molecule has 0 spiro atoms. The summed E-state index contributed by atoms with van der Waals surface area (Å²) < 4.78 is 5.31. The van der Waals surface area contributed by atoms with Gasteiger partial charge in [0.25, 0.3) is 5.91 Å². The summed E-state index contributed by atoms with van der Waals surface area (Å²) in [7, 11) is 1.61. The highest BCUT2D eigenvalue weighted by Gasteiger charge is 2.50. The first-order valence-corrected chi connectivity index (χ1v) is 10.7. The number of carbonyl (C=O) groups excluding carboxylic acids is 1. The average Bonchev–Trinajstić information content (AvgIpc) is 2.72. The molecule has 1 aliphatic carbocycles. The highest BCUT2D eigenvalue weighted by molar-refractivity contribution is 6.31. The number of ether oxygens (including phenoxy) is 1. The van der Waals surface area contributed by atoms with Crippen LogP contribution < -0.4 is 4.74 Å². The van der Waals surface area contributed by atoms with Gasteiger partial charge in [0.1, 0.15) is 5.75 Å². The zero-order chi connectivity index (χ0) is 19.7. The van der Waals surface area contributed by atoms with Crippen molar-refractivity contribution in [3.05, 3.63) is 64.7 Å². The first-order valence-electron chi connectivity index (χ1n) is 9.92. The van der Waals surface area contributed by atoms with Crippen molar-refractivity contribution in [2.45, 2.75) is 43.0 Å². The Morgan fingerprint density at radius 2 is 1.96 bits per heavy atom. The lowest BCUT2D eigenvalue weighted by molar-refractivity contribution is 0.0279. The van der Waals surface area contributed by atoms with Crippen LogP contribution in [0.15, 0.2) is 48.5 Å². The van der Waals surface area contributed by atoms with Crippen molar-refractivity contribution in [3.63, 3.8) is 0 Å². The summed E-state index contributed by atoms with van der Waals surface area (Å²) in [6.45, 7) is 0.631. The number of piperidine rings is 1. The Balaban J connectivity index is 1.76. The number of rotatable bonds is 3. The number of benzene rings is 2. The van der Waals surface area contributed by atoms with Crippen LogP contribution in [0.4, 0.5) is 0 Å². The van der Waals surface area contributed by atoms with Gasteiger partial charge in [0, 0.05) is 23.0 Å². The molecule has 1 heterocycles. The normalized spacial score (nSPS) is 27.2. The van der Waals surface area contributed by atoms with Gasteiger partial charge in [0.15, 0.2) is 0 Å². The maximum absolute atomic E-state index is 13.5. The molecule has 1 aliphatic heterocycles. The van der Waals surface area contributed by atoms with Gasteiger partial charge in [-0.1, -0.05) is 48.7 Å². The van der Waals surface area contributed by atoms with Gasteiger partial charge in [0.2, 0.25) is 0 Å². The van der Waals surface area contributed by atoms with Gasteiger partial charge in [-0.2, -0.15) is 0 Å². The Hall–Kier alpha value is -1.71. The Kier molecular flexibility index (Phi) is 5.57. The fourth-order valence-corrected chi connectivity index (χ4v) is 5.58. The molecule has 2 aromatic rings. The summed E-state index contributed by atoms with van der Waals surface area (Å²) in [5, 5.41) is 0.697. The summed E-state index contributed by atoms with van der Waals surface area (Å²) >= 11 is 13.7. The van der Waals surface area contributed by atoms with E-state index in [2.05, 4.69) is 0 Å². The number of amides is 1. The van der Waals surface area contributed by atoms with Gasteiger partial charge in [-0.15, -0.1) is 11.6 Å². The number of hydrogen-bond donors (Lipinski definition) is 0. The van der Waals surface area contributed by atoms with E-state index >= 15 is 0 Å². The lowest BCUT2D eigenvalue weighted by atomic mass is 9.68. The number of carbonyl (C=O) groups is 1. The van der Waals surface area contributed by atoms with Crippen LogP contribution in [-0.4, -0.2) is 29.3 Å². The fraction of sp³-hybridized carbons (Fsp3) is 0.435. The molecule has 0 radical (unpaired) electrons. The quantitative estimate of drug-likeness (QED) is 0.564. The van der Waals surface area contributed by atoms with E-state index in [9.17, 15) is 4.79 Å². The Labute approximate surface area is 176 Å². The molecule has 2 fully saturated rings. The van der Waals surface area contributed by atoms with Crippen molar-refractivity contribution in [2.24, 2.45) is 5.92 Å². The Morgan fingerprint density at radius 1 is 1.14 bits per heavy atom. The van der Waals surface area contributed by atoms with Crippen LogP contribution >= 0.6 is 23.2 Å². The van der Waals surface area contributed by atoms with Crippen molar-refractivity contribution in [1.29, 1.82) is 0 Å². The van der Waals surface area contributed by atoms with Crippen molar-refractivity contribution in [2.75, 3.05) is 13.7 Å². The summed E-state index contributed by atoms with van der Waals surface area (Å²) in [5.74, 6) is 0.890. The van der Waals surface area contributed by atoms with E-state index in [1.54, 1.807) is 13.2 Å². The van der Waals surface area contributed by atoms with Gasteiger partial charge in [-0.3, -0.25) is 4.79 Å². The second-order valence-electron chi connectivity index (χ2n) is 7.83. The van der Waals surface area contributed by atoms with E-state index in [4.69, 9.17) is 27.9 Å². The minimum atomic E-state index is -0.257. The van der Waals surface area contributed by atoms with Crippen LogP contribution in [-0.2, 0) is 0 Å². The third-order valence-electron chi connectivity index (χ3n) is 6.31. The van der Waals surface area contributed by atoms with Crippen molar-refractivity contribution >= 4 is 29.1 Å². The molecule has 2 aliphatic rings. The Bertz CT molecular complexity index is 871. The highest BCUT2D eigenvalue weighted by Crippen LogP contribution is 2.53. The molecule has 2 aromatic carbocycles. The van der Waals surface area contributed by atoms with E-state index in [1.165, 1.54) is 0 Å². The third kappa shape index (κ3) is 3.51. The van der Waals surface area contributed by atoms with Crippen molar-refractivity contribution in [3.8, 4) is 5.75 Å². The number of nitrogens with zero attached hydrogens (tertiary/aromatic N) is 1. The standard InChI is InChI=1S/C23H25Cl2NO2/c1-28-17-8-6-7-16(15-17)22(27)26-14-13-23(25)12-5-4-10-19(23)21(26)18-9-2-3-11-20(18)24/h2-3,6-9,11,15,19,21H,4-5,10,12-14H2,1H3. The van der Waals surface area contributed by atoms with Crippen molar-refractivity contribution in [1.82, 2.24) is 4.90 Å². The zero-order valence-corrected chi connectivity index (χ0v) is 17.5. The minimum Gasteiger partial charge on any atom is -0.497 e. The average molecular weight is 418 g/mol. The molecule has 0 bridgehead atoms. The lowest BCUT2D eigenvalue weighted by Gasteiger charge is -2.52. The fourth-order valence-electron chi connectivity index (χ4n) is 4.89. The number of methoxy groups -OCH3 is 1. The molecule has 0 aromatic heterocycles. The number of halogens is 2. The van der Waals surface area contributed by atoms with Gasteiger partial charge in [0.05, 0.1) is 18.0 Å². The third-order valence-corrected chi connectivity index (χ3v) is 7.31. The Morgan fingerprint density at radius 3 is 2.75 bits per heavy atom. The van der Waals surface area contributed by atoms with Gasteiger partial charge in [-0.05, 0) is 49.1 Å². The summed E-state index contributed by atoms with van der Waals surface area (Å²) in [4.78, 5) is 15.2.